The van der Waals surface area contributed by atoms with Crippen LogP contribution in [0.15, 0.2) is 78.4 Å². The van der Waals surface area contributed by atoms with E-state index in [4.69, 9.17) is 9.47 Å². The first-order valence-corrected chi connectivity index (χ1v) is 12.1. The Morgan fingerprint density at radius 1 is 0.972 bits per heavy atom. The number of ketones is 1. The van der Waals surface area contributed by atoms with Gasteiger partial charge in [0.2, 0.25) is 0 Å². The summed E-state index contributed by atoms with van der Waals surface area (Å²) >= 11 is 0. The molecule has 4 rings (SSSR count). The van der Waals surface area contributed by atoms with Gasteiger partial charge in [0.05, 0.1) is 31.4 Å². The zero-order valence-corrected chi connectivity index (χ0v) is 21.0. The van der Waals surface area contributed by atoms with E-state index < -0.39 is 17.7 Å². The second kappa shape index (κ2) is 10.7. The Hall–Kier alpha value is -4.06. The number of Topliss-reactive ketones (excluding diaryl/α,β-unsaturated/α-hetero) is 1. The van der Waals surface area contributed by atoms with Crippen LogP contribution >= 0.6 is 0 Å². The first kappa shape index (κ1) is 25.0. The molecule has 0 radical (unpaired) electrons. The van der Waals surface area contributed by atoms with Gasteiger partial charge in [0.1, 0.15) is 17.3 Å². The van der Waals surface area contributed by atoms with Crippen LogP contribution in [0.2, 0.25) is 0 Å². The number of para-hydroxylation sites is 1. The maximum Gasteiger partial charge on any atom is 0.295 e. The second-order valence-electron chi connectivity index (χ2n) is 9.02. The van der Waals surface area contributed by atoms with Gasteiger partial charge in [0, 0.05) is 11.1 Å². The lowest BCUT2D eigenvalue weighted by molar-refractivity contribution is -0.140. The van der Waals surface area contributed by atoms with Crippen LogP contribution in [0.1, 0.15) is 49.1 Å². The molecule has 1 fully saturated rings. The van der Waals surface area contributed by atoms with Crippen LogP contribution in [0.5, 0.6) is 11.5 Å². The van der Waals surface area contributed by atoms with Crippen LogP contribution in [0, 0.1) is 0 Å². The standard InChI is InChI=1S/C30H31NO5/c1-5-20-10-12-22(13-11-20)28(32)26-27(21-14-16-24(17-15-21)36-19(2)3)31(30(34)29(26)33)18-23-8-6-7-9-25(23)35-4/h6-17,19,27,32H,5,18H2,1-4H3/b28-26+. The molecule has 0 aromatic heterocycles. The summed E-state index contributed by atoms with van der Waals surface area (Å²) in [5.74, 6) is -0.264. The molecule has 1 unspecified atom stereocenters. The van der Waals surface area contributed by atoms with E-state index in [1.54, 1.807) is 19.2 Å². The van der Waals surface area contributed by atoms with Crippen molar-refractivity contribution in [3.8, 4) is 11.5 Å². The Morgan fingerprint density at radius 2 is 1.64 bits per heavy atom. The topological polar surface area (TPSA) is 76.1 Å². The minimum atomic E-state index is -0.770. The van der Waals surface area contributed by atoms with Crippen molar-refractivity contribution in [1.82, 2.24) is 4.90 Å². The minimum absolute atomic E-state index is 0.0122. The third kappa shape index (κ3) is 4.98. The summed E-state index contributed by atoms with van der Waals surface area (Å²) in [6.45, 7) is 6.08. The van der Waals surface area contributed by atoms with E-state index in [1.165, 1.54) is 4.90 Å². The third-order valence-electron chi connectivity index (χ3n) is 6.28. The van der Waals surface area contributed by atoms with Crippen LogP contribution in [0.3, 0.4) is 0 Å². The number of nitrogens with zero attached hydrogens (tertiary/aromatic N) is 1. The van der Waals surface area contributed by atoms with E-state index in [0.29, 0.717) is 22.6 Å². The molecule has 0 saturated carbocycles. The number of aliphatic hydroxyl groups excluding tert-OH is 1. The quantitative estimate of drug-likeness (QED) is 0.253. The fourth-order valence-electron chi connectivity index (χ4n) is 4.46. The molecule has 1 atom stereocenters. The number of amides is 1. The molecule has 1 aliphatic heterocycles. The van der Waals surface area contributed by atoms with Gasteiger partial charge < -0.3 is 19.5 Å². The van der Waals surface area contributed by atoms with Gasteiger partial charge in [-0.1, -0.05) is 61.5 Å². The molecule has 0 spiro atoms. The van der Waals surface area contributed by atoms with Gasteiger partial charge in [-0.3, -0.25) is 9.59 Å². The Balaban J connectivity index is 1.82. The number of carbonyl (C=O) groups excluding carboxylic acids is 2. The van der Waals surface area contributed by atoms with Crippen molar-refractivity contribution in [3.63, 3.8) is 0 Å². The fraction of sp³-hybridized carbons (Fsp3) is 0.267. The van der Waals surface area contributed by atoms with E-state index in [2.05, 4.69) is 0 Å². The second-order valence-corrected chi connectivity index (χ2v) is 9.02. The number of methoxy groups -OCH3 is 1. The van der Waals surface area contributed by atoms with E-state index in [-0.39, 0.29) is 24.0 Å². The molecule has 3 aromatic rings. The van der Waals surface area contributed by atoms with E-state index in [0.717, 1.165) is 17.5 Å². The van der Waals surface area contributed by atoms with E-state index >= 15 is 0 Å². The number of carbonyl (C=O) groups is 2. The summed E-state index contributed by atoms with van der Waals surface area (Å²) < 4.78 is 11.2. The maximum absolute atomic E-state index is 13.3. The van der Waals surface area contributed by atoms with Crippen molar-refractivity contribution in [2.45, 2.75) is 45.9 Å². The largest absolute Gasteiger partial charge is 0.507 e. The van der Waals surface area contributed by atoms with Gasteiger partial charge in [0.15, 0.2) is 0 Å². The summed E-state index contributed by atoms with van der Waals surface area (Å²) in [6, 6.07) is 21.3. The number of likely N-dealkylation sites (tertiary alicyclic amines) is 1. The minimum Gasteiger partial charge on any atom is -0.507 e. The Bertz CT molecular complexity index is 1280. The predicted molar refractivity (Wildman–Crippen MR) is 139 cm³/mol. The van der Waals surface area contributed by atoms with Gasteiger partial charge in [-0.2, -0.15) is 0 Å². The maximum atomic E-state index is 13.3. The molecule has 3 aromatic carbocycles. The SMILES string of the molecule is CCc1ccc(/C(O)=C2\C(=O)C(=O)N(Cc3ccccc3OC)C2c2ccc(OC(C)C)cc2)cc1. The molecular weight excluding hydrogens is 454 g/mol. The average molecular weight is 486 g/mol. The Morgan fingerprint density at radius 3 is 2.25 bits per heavy atom. The number of ether oxygens (including phenoxy) is 2. The van der Waals surface area contributed by atoms with Gasteiger partial charge in [-0.05, 0) is 49.6 Å². The summed E-state index contributed by atoms with van der Waals surface area (Å²) in [5, 5.41) is 11.3. The number of hydrogen-bond acceptors (Lipinski definition) is 5. The fourth-order valence-corrected chi connectivity index (χ4v) is 4.46. The van der Waals surface area contributed by atoms with Gasteiger partial charge in [-0.25, -0.2) is 0 Å². The molecule has 6 nitrogen and oxygen atoms in total. The lowest BCUT2D eigenvalue weighted by atomic mass is 9.94. The smallest absolute Gasteiger partial charge is 0.295 e. The van der Waals surface area contributed by atoms with Crippen LogP contribution in [0.4, 0.5) is 0 Å². The zero-order valence-electron chi connectivity index (χ0n) is 21.0. The number of aliphatic hydroxyl groups is 1. The highest BCUT2D eigenvalue weighted by atomic mass is 16.5. The van der Waals surface area contributed by atoms with E-state index in [9.17, 15) is 14.7 Å². The van der Waals surface area contributed by atoms with Gasteiger partial charge in [0.25, 0.3) is 11.7 Å². The highest BCUT2D eigenvalue weighted by Crippen LogP contribution is 2.41. The predicted octanol–water partition coefficient (Wildman–Crippen LogP) is 5.67. The normalized spacial score (nSPS) is 17.0. The van der Waals surface area contributed by atoms with Crippen molar-refractivity contribution in [2.24, 2.45) is 0 Å². The third-order valence-corrected chi connectivity index (χ3v) is 6.28. The molecule has 1 saturated heterocycles. The molecule has 0 bridgehead atoms. The Labute approximate surface area is 211 Å². The van der Waals surface area contributed by atoms with Crippen LogP contribution in [-0.4, -0.2) is 34.9 Å². The van der Waals surface area contributed by atoms with Crippen molar-refractivity contribution in [2.75, 3.05) is 7.11 Å². The number of aryl methyl sites for hydroxylation is 1. The first-order chi connectivity index (χ1) is 17.3. The molecule has 6 heteroatoms. The van der Waals surface area contributed by atoms with Gasteiger partial charge >= 0.3 is 0 Å². The van der Waals surface area contributed by atoms with Crippen molar-refractivity contribution in [1.29, 1.82) is 0 Å². The van der Waals surface area contributed by atoms with Crippen molar-refractivity contribution in [3.05, 3.63) is 101 Å². The van der Waals surface area contributed by atoms with Crippen LogP contribution in [-0.2, 0) is 22.6 Å². The lowest BCUT2D eigenvalue weighted by Crippen LogP contribution is -2.29. The molecule has 1 amide bonds. The monoisotopic (exact) mass is 485 g/mol. The summed E-state index contributed by atoms with van der Waals surface area (Å²) in [4.78, 5) is 28.1. The Kier molecular flexibility index (Phi) is 7.44. The summed E-state index contributed by atoms with van der Waals surface area (Å²) in [5.41, 5.74) is 3.13. The summed E-state index contributed by atoms with van der Waals surface area (Å²) in [7, 11) is 1.57. The molecular formula is C30H31NO5. The molecule has 36 heavy (non-hydrogen) atoms. The summed E-state index contributed by atoms with van der Waals surface area (Å²) in [6.07, 6.45) is 0.868. The molecule has 1 aliphatic rings. The van der Waals surface area contributed by atoms with Crippen LogP contribution in [0.25, 0.3) is 5.76 Å². The van der Waals surface area contributed by atoms with Crippen molar-refractivity contribution >= 4 is 17.4 Å². The van der Waals surface area contributed by atoms with Crippen LogP contribution < -0.4 is 9.47 Å². The molecule has 1 heterocycles. The van der Waals surface area contributed by atoms with E-state index in [1.807, 2.05) is 81.4 Å². The molecule has 186 valence electrons. The zero-order chi connectivity index (χ0) is 25.8. The average Bonchev–Trinajstić information content (AvgIpc) is 3.13. The molecule has 0 aliphatic carbocycles. The molecule has 1 N–H and O–H groups in total. The number of hydrogen-bond donors (Lipinski definition) is 1. The van der Waals surface area contributed by atoms with Crippen molar-refractivity contribution < 1.29 is 24.2 Å². The highest BCUT2D eigenvalue weighted by molar-refractivity contribution is 6.46. The lowest BCUT2D eigenvalue weighted by Gasteiger charge is -2.26. The highest BCUT2D eigenvalue weighted by Gasteiger charge is 2.46. The first-order valence-electron chi connectivity index (χ1n) is 12.1. The number of benzene rings is 3. The number of rotatable bonds is 8. The van der Waals surface area contributed by atoms with Gasteiger partial charge in [-0.15, -0.1) is 0 Å².